The number of hydrogen-bond acceptors (Lipinski definition) is 5. The molecule has 0 aromatic heterocycles. The molecule has 180 valence electrons. The number of thioether (sulfide) groups is 2. The highest BCUT2D eigenvalue weighted by atomic mass is 32.2. The Hall–Kier alpha value is -3.02. The molecule has 0 aliphatic carbocycles. The monoisotopic (exact) mass is 510 g/mol. The Balaban J connectivity index is 1.37. The molecule has 0 radical (unpaired) electrons. The van der Waals surface area contributed by atoms with E-state index in [1.807, 2.05) is 35.7 Å². The van der Waals surface area contributed by atoms with E-state index in [-0.39, 0.29) is 0 Å². The lowest BCUT2D eigenvalue weighted by Crippen LogP contribution is -2.34. The van der Waals surface area contributed by atoms with E-state index in [2.05, 4.69) is 84.9 Å². The van der Waals surface area contributed by atoms with Gasteiger partial charge in [0.2, 0.25) is 0 Å². The summed E-state index contributed by atoms with van der Waals surface area (Å²) in [6, 6.07) is 34.1. The highest BCUT2D eigenvalue weighted by Gasteiger charge is 2.45. The van der Waals surface area contributed by atoms with Crippen molar-refractivity contribution in [2.75, 3.05) is 24.7 Å². The fourth-order valence-corrected chi connectivity index (χ4v) is 5.89. The van der Waals surface area contributed by atoms with Gasteiger partial charge in [-0.25, -0.2) is 0 Å². The van der Waals surface area contributed by atoms with Gasteiger partial charge in [0, 0.05) is 33.1 Å². The third-order valence-corrected chi connectivity index (χ3v) is 8.93. The van der Waals surface area contributed by atoms with Gasteiger partial charge in [-0.05, 0) is 47.5 Å². The molecule has 7 rings (SSSR count). The molecule has 0 bridgehead atoms. The van der Waals surface area contributed by atoms with Crippen molar-refractivity contribution in [1.82, 2.24) is 0 Å². The van der Waals surface area contributed by atoms with Gasteiger partial charge < -0.3 is 14.2 Å². The molecule has 3 aliphatic rings. The second-order valence-electron chi connectivity index (χ2n) is 9.43. The van der Waals surface area contributed by atoms with E-state index in [4.69, 9.17) is 14.2 Å². The van der Waals surface area contributed by atoms with Crippen molar-refractivity contribution < 1.29 is 14.2 Å². The Morgan fingerprint density at radius 3 is 1.44 bits per heavy atom. The average Bonchev–Trinajstić information content (AvgIpc) is 3.86. The first-order chi connectivity index (χ1) is 17.8. The van der Waals surface area contributed by atoms with Gasteiger partial charge in [-0.15, -0.1) is 0 Å². The number of ether oxygens (including phenoxy) is 3. The van der Waals surface area contributed by atoms with Crippen LogP contribution in [0.1, 0.15) is 22.3 Å². The number of fused-ring (bicyclic) bond motifs is 2. The van der Waals surface area contributed by atoms with Gasteiger partial charge in [0.25, 0.3) is 0 Å². The lowest BCUT2D eigenvalue weighted by molar-refractivity contribution is 0.329. The van der Waals surface area contributed by atoms with Crippen molar-refractivity contribution in [3.05, 3.63) is 119 Å². The second-order valence-corrected chi connectivity index (χ2v) is 12.1. The van der Waals surface area contributed by atoms with Gasteiger partial charge in [0.15, 0.2) is 0 Å². The number of benzene rings is 4. The average molecular weight is 511 g/mol. The van der Waals surface area contributed by atoms with Gasteiger partial charge in [-0.2, -0.15) is 23.5 Å². The zero-order chi connectivity index (χ0) is 24.0. The first kappa shape index (κ1) is 22.2. The summed E-state index contributed by atoms with van der Waals surface area (Å²) in [4.78, 5) is 0. The fourth-order valence-electron chi connectivity index (χ4n) is 5.09. The van der Waals surface area contributed by atoms with Crippen molar-refractivity contribution >= 4 is 23.5 Å². The summed E-state index contributed by atoms with van der Waals surface area (Å²) in [5, 5.41) is 1.29. The van der Waals surface area contributed by atoms with Crippen molar-refractivity contribution in [2.45, 2.75) is 15.9 Å². The van der Waals surface area contributed by atoms with E-state index in [0.717, 1.165) is 47.3 Å². The van der Waals surface area contributed by atoms with Gasteiger partial charge in [-0.3, -0.25) is 0 Å². The minimum Gasteiger partial charge on any atom is -0.492 e. The topological polar surface area (TPSA) is 27.7 Å². The van der Waals surface area contributed by atoms with Crippen molar-refractivity contribution in [3.63, 3.8) is 0 Å². The Morgan fingerprint density at radius 1 is 0.611 bits per heavy atom. The molecule has 3 nitrogen and oxygen atoms in total. The minimum absolute atomic E-state index is 0.527. The van der Waals surface area contributed by atoms with Crippen LogP contribution >= 0.6 is 23.5 Å². The second kappa shape index (κ2) is 9.13. The zero-order valence-corrected chi connectivity index (χ0v) is 21.4. The Kier molecular flexibility index (Phi) is 5.63. The third kappa shape index (κ3) is 4.04. The van der Waals surface area contributed by atoms with E-state index in [1.54, 1.807) is 0 Å². The van der Waals surface area contributed by atoms with E-state index in [0.29, 0.717) is 10.5 Å². The standard InChI is InChI=1S/C31H26O3S2/c1-3-7-29-27(5-1)31(28-6-2-4-8-30(28)34-29,21-9-13-23(14-10-21)32-17-25-19-35-25)22-11-15-24(16-12-22)33-18-26-20-36-26/h1-16,25-26H,17-20H2. The molecular weight excluding hydrogens is 484 g/mol. The molecule has 2 unspecified atom stereocenters. The largest absolute Gasteiger partial charge is 0.492 e. The molecule has 3 heterocycles. The summed E-state index contributed by atoms with van der Waals surface area (Å²) >= 11 is 3.91. The van der Waals surface area contributed by atoms with Gasteiger partial charge in [0.05, 0.1) is 5.41 Å². The lowest BCUT2D eigenvalue weighted by Gasteiger charge is -2.41. The first-order valence-corrected chi connectivity index (χ1v) is 14.5. The maximum Gasteiger partial charge on any atom is 0.132 e. The summed E-state index contributed by atoms with van der Waals surface area (Å²) < 4.78 is 18.5. The SMILES string of the molecule is c1ccc2c(c1)Oc1ccccc1C2(c1ccc(OCC2CS2)cc1)c1ccc(OCC2CS2)cc1. The smallest absolute Gasteiger partial charge is 0.132 e. The van der Waals surface area contributed by atoms with Gasteiger partial charge in [0.1, 0.15) is 36.2 Å². The van der Waals surface area contributed by atoms with Crippen LogP contribution in [0.3, 0.4) is 0 Å². The van der Waals surface area contributed by atoms with Crippen LogP contribution in [0.25, 0.3) is 0 Å². The molecule has 0 saturated carbocycles. The predicted molar refractivity (Wildman–Crippen MR) is 148 cm³/mol. The van der Waals surface area contributed by atoms with Crippen LogP contribution in [-0.2, 0) is 5.41 Å². The van der Waals surface area contributed by atoms with Crippen LogP contribution in [0, 0.1) is 0 Å². The van der Waals surface area contributed by atoms with Gasteiger partial charge in [-0.1, -0.05) is 60.7 Å². The lowest BCUT2D eigenvalue weighted by atomic mass is 9.63. The Morgan fingerprint density at radius 2 is 1.03 bits per heavy atom. The van der Waals surface area contributed by atoms with Crippen LogP contribution in [0.15, 0.2) is 97.1 Å². The van der Waals surface area contributed by atoms with Crippen molar-refractivity contribution in [2.24, 2.45) is 0 Å². The van der Waals surface area contributed by atoms with Crippen LogP contribution in [-0.4, -0.2) is 35.2 Å². The van der Waals surface area contributed by atoms with Gasteiger partial charge >= 0.3 is 0 Å². The maximum atomic E-state index is 6.41. The summed E-state index contributed by atoms with van der Waals surface area (Å²) in [5.41, 5.74) is 4.11. The minimum atomic E-state index is -0.527. The van der Waals surface area contributed by atoms with Crippen LogP contribution in [0.2, 0.25) is 0 Å². The molecule has 0 spiro atoms. The Bertz CT molecular complexity index is 1270. The molecule has 0 N–H and O–H groups in total. The molecule has 3 aliphatic heterocycles. The summed E-state index contributed by atoms with van der Waals surface area (Å²) in [6.45, 7) is 1.55. The van der Waals surface area contributed by atoms with Crippen molar-refractivity contribution in [1.29, 1.82) is 0 Å². The normalized spacial score (nSPS) is 20.4. The zero-order valence-electron chi connectivity index (χ0n) is 19.8. The predicted octanol–water partition coefficient (Wildman–Crippen LogP) is 7.16. The van der Waals surface area contributed by atoms with Crippen molar-refractivity contribution in [3.8, 4) is 23.0 Å². The van der Waals surface area contributed by atoms with E-state index >= 15 is 0 Å². The molecule has 2 saturated heterocycles. The summed E-state index contributed by atoms with van der Waals surface area (Å²) in [7, 11) is 0. The number of hydrogen-bond donors (Lipinski definition) is 0. The molecule has 2 atom stereocenters. The quantitative estimate of drug-likeness (QED) is 0.206. The molecule has 36 heavy (non-hydrogen) atoms. The summed E-state index contributed by atoms with van der Waals surface area (Å²) in [5.74, 6) is 6.00. The van der Waals surface area contributed by atoms with E-state index in [9.17, 15) is 0 Å². The first-order valence-electron chi connectivity index (χ1n) is 12.4. The third-order valence-electron chi connectivity index (χ3n) is 7.05. The molecular formula is C31H26O3S2. The maximum absolute atomic E-state index is 6.41. The van der Waals surface area contributed by atoms with E-state index < -0.39 is 5.41 Å². The van der Waals surface area contributed by atoms with Crippen LogP contribution in [0.5, 0.6) is 23.0 Å². The molecule has 0 amide bonds. The Labute approximate surface area is 220 Å². The van der Waals surface area contributed by atoms with Crippen LogP contribution in [0.4, 0.5) is 0 Å². The number of para-hydroxylation sites is 2. The van der Waals surface area contributed by atoms with Crippen LogP contribution < -0.4 is 14.2 Å². The molecule has 5 heteroatoms. The number of rotatable bonds is 8. The highest BCUT2D eigenvalue weighted by molar-refractivity contribution is 8.07. The van der Waals surface area contributed by atoms with E-state index in [1.165, 1.54) is 22.6 Å². The molecule has 2 fully saturated rings. The molecule has 4 aromatic carbocycles. The highest BCUT2D eigenvalue weighted by Crippen LogP contribution is 2.55. The summed E-state index contributed by atoms with van der Waals surface area (Å²) in [6.07, 6.45) is 0. The fraction of sp³-hybridized carbons (Fsp3) is 0.226. The molecule has 4 aromatic rings.